The lowest BCUT2D eigenvalue weighted by Crippen LogP contribution is -1.64. The maximum Gasteiger partial charge on any atom is 0.0151 e. The predicted molar refractivity (Wildman–Crippen MR) is 25.2 cm³/mol. The molecule has 1 heteroatoms. The molecule has 1 aromatic carbocycles. The number of hydrogen-bond acceptors (Lipinski definition) is 0. The first-order valence-corrected chi connectivity index (χ1v) is 2.01. The fourth-order valence-electron chi connectivity index (χ4n) is 0.367. The number of benzene rings is 1. The van der Waals surface area contributed by atoms with Crippen LogP contribution in [-0.4, -0.2) is 0 Å². The van der Waals surface area contributed by atoms with Crippen LogP contribution < -0.4 is 0 Å². The summed E-state index contributed by atoms with van der Waals surface area (Å²) in [6, 6.07) is 8.49. The molecule has 36 valence electrons. The lowest BCUT2D eigenvalue weighted by atomic mass is 10.4. The monoisotopic (exact) mass is 95.0 g/mol. The van der Waals surface area contributed by atoms with Gasteiger partial charge in [-0.2, -0.15) is 18.2 Å². The van der Waals surface area contributed by atoms with Crippen molar-refractivity contribution in [2.45, 2.75) is 0 Å². The average Bonchev–Trinajstić information content (AvgIpc) is 1.69. The van der Waals surface area contributed by atoms with E-state index in [1.807, 2.05) is 0 Å². The van der Waals surface area contributed by atoms with Gasteiger partial charge in [0.05, 0.1) is 0 Å². The molecule has 0 aromatic heterocycles. The normalized spacial score (nSPS) is 8.71. The summed E-state index contributed by atoms with van der Waals surface area (Å²) in [4.78, 5) is 0. The SMILES string of the molecule is Fc1cc[c-]cc1. The van der Waals surface area contributed by atoms with Crippen LogP contribution in [0, 0.1) is 11.9 Å². The Hall–Kier alpha value is -0.850. The third-order valence-corrected chi connectivity index (χ3v) is 0.678. The summed E-state index contributed by atoms with van der Waals surface area (Å²) < 4.78 is 11.9. The van der Waals surface area contributed by atoms with Gasteiger partial charge in [-0.3, -0.25) is 0 Å². The van der Waals surface area contributed by atoms with Gasteiger partial charge in [-0.05, 0) is 0 Å². The van der Waals surface area contributed by atoms with Crippen LogP contribution in [0.3, 0.4) is 0 Å². The van der Waals surface area contributed by atoms with Crippen molar-refractivity contribution in [3.63, 3.8) is 0 Å². The quantitative estimate of drug-likeness (QED) is 0.429. The molecule has 0 atom stereocenters. The molecule has 0 bridgehead atoms. The van der Waals surface area contributed by atoms with E-state index in [1.165, 1.54) is 24.3 Å². The summed E-state index contributed by atoms with van der Waals surface area (Å²) in [6.07, 6.45) is 0. The van der Waals surface area contributed by atoms with Crippen LogP contribution in [0.1, 0.15) is 0 Å². The fraction of sp³-hybridized carbons (Fsp3) is 0. The van der Waals surface area contributed by atoms with Crippen molar-refractivity contribution in [2.24, 2.45) is 0 Å². The Balaban J connectivity index is 3.02. The molecule has 0 amide bonds. The van der Waals surface area contributed by atoms with E-state index in [0.717, 1.165) is 0 Å². The van der Waals surface area contributed by atoms with Gasteiger partial charge in [0, 0.05) is 5.82 Å². The van der Waals surface area contributed by atoms with Crippen molar-refractivity contribution in [3.05, 3.63) is 36.1 Å². The molecular weight excluding hydrogens is 91.1 g/mol. The van der Waals surface area contributed by atoms with E-state index in [9.17, 15) is 4.39 Å². The molecular formula is C6H4F-. The highest BCUT2D eigenvalue weighted by Crippen LogP contribution is 1.91. The minimum Gasteiger partial charge on any atom is -0.236 e. The first kappa shape index (κ1) is 4.31. The second kappa shape index (κ2) is 1.73. The molecule has 0 spiro atoms. The van der Waals surface area contributed by atoms with Crippen LogP contribution in [0.15, 0.2) is 24.3 Å². The highest BCUT2D eigenvalue weighted by Gasteiger charge is 1.66. The molecule has 0 saturated carbocycles. The summed E-state index contributed by atoms with van der Waals surface area (Å²) in [5.41, 5.74) is 0. The predicted octanol–water partition coefficient (Wildman–Crippen LogP) is 1.63. The van der Waals surface area contributed by atoms with E-state index in [4.69, 9.17) is 0 Å². The number of halogens is 1. The summed E-state index contributed by atoms with van der Waals surface area (Å²) in [6.45, 7) is 0. The molecule has 1 aromatic rings. The minimum atomic E-state index is -0.209. The van der Waals surface area contributed by atoms with Crippen molar-refractivity contribution in [1.82, 2.24) is 0 Å². The standard InChI is InChI=1S/C6H4F/c7-6-4-2-1-3-5-6/h2-5H/q-1. The highest BCUT2D eigenvalue weighted by molar-refractivity contribution is 5.00. The molecule has 0 unspecified atom stereocenters. The highest BCUT2D eigenvalue weighted by atomic mass is 19.1. The molecule has 0 aliphatic heterocycles. The summed E-state index contributed by atoms with van der Waals surface area (Å²) in [7, 11) is 0. The smallest absolute Gasteiger partial charge is 0.0151 e. The van der Waals surface area contributed by atoms with Gasteiger partial charge >= 0.3 is 0 Å². The van der Waals surface area contributed by atoms with Gasteiger partial charge < -0.3 is 0 Å². The average molecular weight is 95.1 g/mol. The molecule has 0 N–H and O–H groups in total. The maximum atomic E-state index is 11.9. The zero-order chi connectivity index (χ0) is 5.11. The molecule has 0 aliphatic rings. The lowest BCUT2D eigenvalue weighted by molar-refractivity contribution is 0.628. The molecule has 0 heterocycles. The van der Waals surface area contributed by atoms with Gasteiger partial charge in [-0.1, -0.05) is 0 Å². The maximum absolute atomic E-state index is 11.9. The van der Waals surface area contributed by atoms with Crippen molar-refractivity contribution >= 4 is 0 Å². The van der Waals surface area contributed by atoms with Gasteiger partial charge in [0.25, 0.3) is 0 Å². The Morgan fingerprint density at radius 1 is 1.29 bits per heavy atom. The third kappa shape index (κ3) is 1.000. The zero-order valence-corrected chi connectivity index (χ0v) is 3.69. The summed E-state index contributed by atoms with van der Waals surface area (Å²) in [5.74, 6) is -0.209. The lowest BCUT2D eigenvalue weighted by Gasteiger charge is -1.88. The first-order chi connectivity index (χ1) is 3.39. The second-order valence-electron chi connectivity index (χ2n) is 1.22. The molecule has 0 nitrogen and oxygen atoms in total. The van der Waals surface area contributed by atoms with E-state index >= 15 is 0 Å². The van der Waals surface area contributed by atoms with Gasteiger partial charge in [0.1, 0.15) is 0 Å². The Kier molecular flexibility index (Phi) is 1.07. The molecule has 0 radical (unpaired) electrons. The Morgan fingerprint density at radius 3 is 2.14 bits per heavy atom. The van der Waals surface area contributed by atoms with Crippen molar-refractivity contribution in [2.75, 3.05) is 0 Å². The second-order valence-corrected chi connectivity index (χ2v) is 1.22. The number of hydrogen-bond donors (Lipinski definition) is 0. The van der Waals surface area contributed by atoms with Crippen LogP contribution in [0.5, 0.6) is 0 Å². The summed E-state index contributed by atoms with van der Waals surface area (Å²) in [5, 5.41) is 0. The summed E-state index contributed by atoms with van der Waals surface area (Å²) >= 11 is 0. The van der Waals surface area contributed by atoms with Crippen LogP contribution in [0.2, 0.25) is 0 Å². The van der Waals surface area contributed by atoms with Crippen molar-refractivity contribution in [1.29, 1.82) is 0 Å². The first-order valence-electron chi connectivity index (χ1n) is 2.01. The van der Waals surface area contributed by atoms with Crippen LogP contribution in [0.4, 0.5) is 4.39 Å². The largest absolute Gasteiger partial charge is 0.236 e. The molecule has 1 rings (SSSR count). The molecule has 0 saturated heterocycles. The Morgan fingerprint density at radius 2 is 1.86 bits per heavy atom. The van der Waals surface area contributed by atoms with E-state index in [2.05, 4.69) is 6.07 Å². The Labute approximate surface area is 41.6 Å². The van der Waals surface area contributed by atoms with Crippen molar-refractivity contribution < 1.29 is 4.39 Å². The van der Waals surface area contributed by atoms with Crippen LogP contribution in [-0.2, 0) is 0 Å². The molecule has 0 aliphatic carbocycles. The molecule has 0 fully saturated rings. The Bertz CT molecular complexity index is 134. The van der Waals surface area contributed by atoms with Crippen molar-refractivity contribution in [3.8, 4) is 0 Å². The van der Waals surface area contributed by atoms with Gasteiger partial charge in [0.15, 0.2) is 0 Å². The van der Waals surface area contributed by atoms with Gasteiger partial charge in [-0.15, -0.1) is 12.1 Å². The van der Waals surface area contributed by atoms with Crippen LogP contribution in [0.25, 0.3) is 0 Å². The molecule has 7 heavy (non-hydrogen) atoms. The number of rotatable bonds is 0. The van der Waals surface area contributed by atoms with E-state index in [1.54, 1.807) is 0 Å². The minimum absolute atomic E-state index is 0.209. The van der Waals surface area contributed by atoms with Gasteiger partial charge in [0.2, 0.25) is 0 Å². The third-order valence-electron chi connectivity index (χ3n) is 0.678. The van der Waals surface area contributed by atoms with E-state index < -0.39 is 0 Å². The van der Waals surface area contributed by atoms with E-state index in [-0.39, 0.29) is 5.82 Å². The fourth-order valence-corrected chi connectivity index (χ4v) is 0.367. The van der Waals surface area contributed by atoms with Crippen LogP contribution >= 0.6 is 0 Å². The van der Waals surface area contributed by atoms with E-state index in [0.29, 0.717) is 0 Å². The zero-order valence-electron chi connectivity index (χ0n) is 3.69. The van der Waals surface area contributed by atoms with Gasteiger partial charge in [-0.25, -0.2) is 4.39 Å². The topological polar surface area (TPSA) is 0 Å².